The van der Waals surface area contributed by atoms with Crippen molar-refractivity contribution in [1.82, 2.24) is 10.2 Å². The van der Waals surface area contributed by atoms with Crippen LogP contribution in [0.15, 0.2) is 24.3 Å². The van der Waals surface area contributed by atoms with Gasteiger partial charge >= 0.3 is 6.18 Å². The topological polar surface area (TPSA) is 56.1 Å². The molecule has 144 valence electrons. The maximum absolute atomic E-state index is 13.5. The SMILES string of the molecule is N#CN1[C@@H]2CC[C@H]1C(C(F)(F)F)CC2NC(=O)C1(c2ccc(Cl)cc2)CC1. The first-order valence-corrected chi connectivity index (χ1v) is 9.46. The summed E-state index contributed by atoms with van der Waals surface area (Å²) >= 11 is 5.91. The van der Waals surface area contributed by atoms with E-state index in [1.807, 2.05) is 6.19 Å². The fraction of sp³-hybridized carbons (Fsp3) is 0.579. The quantitative estimate of drug-likeness (QED) is 0.790. The summed E-state index contributed by atoms with van der Waals surface area (Å²) in [6, 6.07) is 5.17. The minimum atomic E-state index is -4.38. The molecule has 0 spiro atoms. The van der Waals surface area contributed by atoms with Crippen LogP contribution < -0.4 is 5.32 Å². The molecule has 3 aliphatic rings. The molecule has 0 aromatic heterocycles. The predicted octanol–water partition coefficient (Wildman–Crippen LogP) is 3.75. The number of halogens is 4. The van der Waals surface area contributed by atoms with Crippen molar-refractivity contribution in [1.29, 1.82) is 5.26 Å². The van der Waals surface area contributed by atoms with Gasteiger partial charge in [0.15, 0.2) is 6.19 Å². The summed E-state index contributed by atoms with van der Waals surface area (Å²) < 4.78 is 40.5. The Balaban J connectivity index is 1.55. The predicted molar refractivity (Wildman–Crippen MR) is 92.7 cm³/mol. The summed E-state index contributed by atoms with van der Waals surface area (Å²) in [4.78, 5) is 14.2. The van der Waals surface area contributed by atoms with Crippen molar-refractivity contribution in [2.75, 3.05) is 0 Å². The van der Waals surface area contributed by atoms with Gasteiger partial charge in [-0.05, 0) is 49.8 Å². The highest BCUT2D eigenvalue weighted by atomic mass is 35.5. The van der Waals surface area contributed by atoms with E-state index in [1.165, 1.54) is 4.90 Å². The summed E-state index contributed by atoms with van der Waals surface area (Å²) in [5.41, 5.74) is 0.139. The van der Waals surface area contributed by atoms with Gasteiger partial charge in [0, 0.05) is 5.02 Å². The highest BCUT2D eigenvalue weighted by molar-refractivity contribution is 6.30. The molecule has 2 aliphatic heterocycles. The van der Waals surface area contributed by atoms with Crippen LogP contribution >= 0.6 is 11.6 Å². The van der Waals surface area contributed by atoms with Crippen molar-refractivity contribution < 1.29 is 18.0 Å². The Morgan fingerprint density at radius 1 is 1.22 bits per heavy atom. The Morgan fingerprint density at radius 3 is 2.41 bits per heavy atom. The van der Waals surface area contributed by atoms with Crippen LogP contribution in [0.1, 0.15) is 37.7 Å². The number of alkyl halides is 3. The number of nitriles is 1. The molecule has 1 aliphatic carbocycles. The van der Waals surface area contributed by atoms with Crippen molar-refractivity contribution >= 4 is 17.5 Å². The zero-order valence-corrected chi connectivity index (χ0v) is 15.2. The number of benzene rings is 1. The second kappa shape index (κ2) is 6.30. The van der Waals surface area contributed by atoms with Crippen molar-refractivity contribution in [2.45, 2.75) is 61.8 Å². The molecule has 8 heteroatoms. The third-order valence-electron chi connectivity index (χ3n) is 6.34. The molecule has 1 aromatic rings. The van der Waals surface area contributed by atoms with E-state index >= 15 is 0 Å². The lowest BCUT2D eigenvalue weighted by atomic mass is 9.86. The Labute approximate surface area is 160 Å². The number of nitrogens with zero attached hydrogens (tertiary/aromatic N) is 2. The van der Waals surface area contributed by atoms with E-state index in [1.54, 1.807) is 24.3 Å². The summed E-state index contributed by atoms with van der Waals surface area (Å²) in [6.07, 6.45) is -0.484. The van der Waals surface area contributed by atoms with Gasteiger partial charge in [0.2, 0.25) is 5.91 Å². The Kier molecular flexibility index (Phi) is 4.30. The van der Waals surface area contributed by atoms with E-state index in [-0.39, 0.29) is 18.4 Å². The number of carbonyl (C=O) groups excluding carboxylic acids is 1. The number of nitrogens with one attached hydrogen (secondary N) is 1. The smallest absolute Gasteiger partial charge is 0.350 e. The van der Waals surface area contributed by atoms with Crippen molar-refractivity contribution in [3.05, 3.63) is 34.9 Å². The van der Waals surface area contributed by atoms with Crippen LogP contribution in [0.3, 0.4) is 0 Å². The highest BCUT2D eigenvalue weighted by Crippen LogP contribution is 2.50. The molecule has 2 bridgehead atoms. The van der Waals surface area contributed by atoms with Crippen LogP contribution in [-0.2, 0) is 10.2 Å². The molecule has 4 rings (SSSR count). The van der Waals surface area contributed by atoms with Gasteiger partial charge in [-0.2, -0.15) is 18.4 Å². The number of piperidine rings is 1. The van der Waals surface area contributed by atoms with E-state index < -0.39 is 29.6 Å². The lowest BCUT2D eigenvalue weighted by molar-refractivity contribution is -0.198. The molecule has 2 heterocycles. The lowest BCUT2D eigenvalue weighted by Crippen LogP contribution is -2.59. The largest absolute Gasteiger partial charge is 0.393 e. The number of hydrogen-bond donors (Lipinski definition) is 1. The average Bonchev–Trinajstić information content (AvgIpc) is 3.35. The third kappa shape index (κ3) is 3.04. The van der Waals surface area contributed by atoms with Gasteiger partial charge in [-0.1, -0.05) is 23.7 Å². The molecule has 27 heavy (non-hydrogen) atoms. The highest BCUT2D eigenvalue weighted by Gasteiger charge is 2.58. The van der Waals surface area contributed by atoms with Gasteiger partial charge in [0.25, 0.3) is 0 Å². The molecular weight excluding hydrogens is 379 g/mol. The minimum absolute atomic E-state index is 0.167. The monoisotopic (exact) mass is 397 g/mol. The molecular formula is C19H19ClF3N3O. The Hall–Kier alpha value is -1.94. The first kappa shape index (κ1) is 18.4. The molecule has 1 amide bonds. The fourth-order valence-electron chi connectivity index (χ4n) is 4.75. The summed E-state index contributed by atoms with van der Waals surface area (Å²) in [5, 5.41) is 12.8. The summed E-state index contributed by atoms with van der Waals surface area (Å²) in [7, 11) is 0. The van der Waals surface area contributed by atoms with Gasteiger partial charge in [-0.25, -0.2) is 0 Å². The molecule has 1 N–H and O–H groups in total. The number of hydrogen-bond acceptors (Lipinski definition) is 3. The molecule has 4 nitrogen and oxygen atoms in total. The number of fused-ring (bicyclic) bond motifs is 2. The zero-order chi connectivity index (χ0) is 19.4. The zero-order valence-electron chi connectivity index (χ0n) is 14.5. The Morgan fingerprint density at radius 2 is 1.85 bits per heavy atom. The van der Waals surface area contributed by atoms with E-state index in [2.05, 4.69) is 5.32 Å². The number of amides is 1. The van der Waals surface area contributed by atoms with Crippen LogP contribution in [0.5, 0.6) is 0 Å². The maximum atomic E-state index is 13.5. The van der Waals surface area contributed by atoms with Crippen molar-refractivity contribution in [2.24, 2.45) is 5.92 Å². The maximum Gasteiger partial charge on any atom is 0.393 e. The van der Waals surface area contributed by atoms with E-state index in [4.69, 9.17) is 11.6 Å². The number of rotatable bonds is 3. The summed E-state index contributed by atoms with van der Waals surface area (Å²) in [6.45, 7) is 0. The van der Waals surface area contributed by atoms with Gasteiger partial charge in [-0.3, -0.25) is 4.79 Å². The molecule has 3 fully saturated rings. The van der Waals surface area contributed by atoms with Crippen LogP contribution in [-0.4, -0.2) is 35.1 Å². The van der Waals surface area contributed by atoms with E-state index in [0.717, 1.165) is 5.56 Å². The standard InChI is InChI=1S/C19H19ClF3N3O/c20-12-3-1-11(2-4-12)18(7-8-18)17(27)25-14-9-13(19(21,22)23)15-5-6-16(14)26(15)10-24/h1-4,13-16H,5-9H2,(H,25,27)/t13?,14?,15-,16+/m0/s1. The molecule has 2 saturated heterocycles. The van der Waals surface area contributed by atoms with Crippen molar-refractivity contribution in [3.8, 4) is 6.19 Å². The average molecular weight is 398 g/mol. The van der Waals surface area contributed by atoms with Gasteiger partial charge in [-0.15, -0.1) is 0 Å². The lowest BCUT2D eigenvalue weighted by Gasteiger charge is -2.42. The Bertz CT molecular complexity index is 785. The van der Waals surface area contributed by atoms with Crippen LogP contribution in [0, 0.1) is 17.4 Å². The number of carbonyl (C=O) groups is 1. The second-order valence-electron chi connectivity index (χ2n) is 7.77. The molecule has 0 radical (unpaired) electrons. The first-order valence-electron chi connectivity index (χ1n) is 9.08. The minimum Gasteiger partial charge on any atom is -0.350 e. The van der Waals surface area contributed by atoms with Gasteiger partial charge < -0.3 is 10.2 Å². The summed E-state index contributed by atoms with van der Waals surface area (Å²) in [5.74, 6) is -1.84. The normalized spacial score (nSPS) is 31.3. The second-order valence-corrected chi connectivity index (χ2v) is 8.21. The van der Waals surface area contributed by atoms with Crippen LogP contribution in [0.4, 0.5) is 13.2 Å². The van der Waals surface area contributed by atoms with Crippen LogP contribution in [0.2, 0.25) is 5.02 Å². The molecule has 1 aromatic carbocycles. The fourth-order valence-corrected chi connectivity index (χ4v) is 4.87. The molecule has 1 saturated carbocycles. The first-order chi connectivity index (χ1) is 12.8. The van der Waals surface area contributed by atoms with E-state index in [0.29, 0.717) is 30.7 Å². The van der Waals surface area contributed by atoms with Gasteiger partial charge in [0.1, 0.15) is 0 Å². The molecule has 2 unspecified atom stereocenters. The van der Waals surface area contributed by atoms with Gasteiger partial charge in [0.05, 0.1) is 29.5 Å². The third-order valence-corrected chi connectivity index (χ3v) is 6.60. The van der Waals surface area contributed by atoms with Crippen molar-refractivity contribution in [3.63, 3.8) is 0 Å². The molecule has 4 atom stereocenters. The van der Waals surface area contributed by atoms with E-state index in [9.17, 15) is 23.2 Å². The van der Waals surface area contributed by atoms with Crippen LogP contribution in [0.25, 0.3) is 0 Å².